The van der Waals surface area contributed by atoms with Gasteiger partial charge in [0.05, 0.1) is 12.5 Å². The number of nitrogens with zero attached hydrogens (tertiary/aromatic N) is 1. The van der Waals surface area contributed by atoms with E-state index in [0.717, 1.165) is 0 Å². The quantitative estimate of drug-likeness (QED) is 0.605. The van der Waals surface area contributed by atoms with E-state index in [1.807, 2.05) is 0 Å². The molecule has 1 N–H and O–H groups in total. The molecule has 0 bridgehead atoms. The molecule has 25 heavy (non-hydrogen) atoms. The van der Waals surface area contributed by atoms with Crippen molar-refractivity contribution in [2.45, 2.75) is 37.9 Å². The first-order valence-electron chi connectivity index (χ1n) is 7.97. The largest absolute Gasteiger partial charge is 0.475 e. The number of halogens is 4. The van der Waals surface area contributed by atoms with Crippen LogP contribution in [-0.2, 0) is 4.74 Å². The highest BCUT2D eigenvalue weighted by molar-refractivity contribution is 6.29. The summed E-state index contributed by atoms with van der Waals surface area (Å²) < 4.78 is 48.4. The summed E-state index contributed by atoms with van der Waals surface area (Å²) in [6, 6.07) is 2.64. The highest BCUT2D eigenvalue weighted by Crippen LogP contribution is 2.37. The molecule has 1 fully saturated rings. The number of nitrogens with one attached hydrogen (secondary N) is 1. The summed E-state index contributed by atoms with van der Waals surface area (Å²) >= 11 is 5.82. The van der Waals surface area contributed by atoms with Gasteiger partial charge in [-0.3, -0.25) is 4.79 Å². The molecule has 0 saturated heterocycles. The van der Waals surface area contributed by atoms with E-state index in [-0.39, 0.29) is 54.9 Å². The number of carbonyl (C=O) groups is 1. The highest BCUT2D eigenvalue weighted by Gasteiger charge is 2.41. The zero-order valence-electron chi connectivity index (χ0n) is 13.7. The van der Waals surface area contributed by atoms with Gasteiger partial charge in [-0.1, -0.05) is 11.6 Å². The molecular weight excluding hydrogens is 361 g/mol. The molecule has 0 atom stereocenters. The van der Waals surface area contributed by atoms with Crippen molar-refractivity contribution in [1.82, 2.24) is 10.3 Å². The van der Waals surface area contributed by atoms with Crippen LogP contribution in [0, 0.1) is 5.92 Å². The van der Waals surface area contributed by atoms with Crippen LogP contribution in [0.15, 0.2) is 12.1 Å². The number of pyridine rings is 1. The molecule has 1 amide bonds. The number of carbonyl (C=O) groups excluding carboxylic acids is 1. The van der Waals surface area contributed by atoms with Gasteiger partial charge in [0, 0.05) is 13.2 Å². The maximum absolute atomic E-state index is 12.7. The lowest BCUT2D eigenvalue weighted by Crippen LogP contribution is -2.40. The summed E-state index contributed by atoms with van der Waals surface area (Å²) in [4.78, 5) is 16.4. The van der Waals surface area contributed by atoms with Gasteiger partial charge in [0.15, 0.2) is 0 Å². The van der Waals surface area contributed by atoms with Gasteiger partial charge in [0.25, 0.3) is 5.91 Å². The van der Waals surface area contributed by atoms with Gasteiger partial charge in [0.2, 0.25) is 5.88 Å². The Morgan fingerprint density at radius 2 is 1.96 bits per heavy atom. The number of alkyl halides is 3. The fourth-order valence-electron chi connectivity index (χ4n) is 2.75. The van der Waals surface area contributed by atoms with Crippen molar-refractivity contribution in [2.75, 3.05) is 20.3 Å². The van der Waals surface area contributed by atoms with Crippen LogP contribution in [-0.4, -0.2) is 43.4 Å². The number of rotatable bonds is 6. The van der Waals surface area contributed by atoms with Crippen LogP contribution in [0.4, 0.5) is 13.2 Å². The summed E-state index contributed by atoms with van der Waals surface area (Å²) in [6.45, 7) is 0.511. The van der Waals surface area contributed by atoms with Crippen molar-refractivity contribution in [3.8, 4) is 5.88 Å². The number of amides is 1. The predicted octanol–water partition coefficient (Wildman–Crippen LogP) is 3.61. The van der Waals surface area contributed by atoms with Crippen LogP contribution in [0.3, 0.4) is 0 Å². The number of methoxy groups -OCH3 is 1. The van der Waals surface area contributed by atoms with E-state index in [2.05, 4.69) is 10.3 Å². The predicted molar refractivity (Wildman–Crippen MR) is 85.9 cm³/mol. The van der Waals surface area contributed by atoms with Crippen molar-refractivity contribution in [2.24, 2.45) is 5.92 Å². The topological polar surface area (TPSA) is 60.5 Å². The Balaban J connectivity index is 1.97. The van der Waals surface area contributed by atoms with E-state index < -0.39 is 18.0 Å². The zero-order valence-corrected chi connectivity index (χ0v) is 14.5. The standard InChI is InChI=1S/C16H20ClF3N2O3/c1-24-8-9-25-15-12(6-7-13(17)22-15)14(23)21-11-4-2-10(3-5-11)16(18,19)20/h6-7,10-11H,2-5,8-9H2,1H3,(H,21,23)/t10-,11-. The third kappa shape index (κ3) is 5.74. The molecule has 1 aliphatic rings. The molecule has 1 aliphatic carbocycles. The Bertz CT molecular complexity index is 590. The van der Waals surface area contributed by atoms with Crippen LogP contribution in [0.5, 0.6) is 5.88 Å². The molecule has 0 unspecified atom stereocenters. The monoisotopic (exact) mass is 380 g/mol. The first-order valence-corrected chi connectivity index (χ1v) is 8.35. The average molecular weight is 381 g/mol. The minimum atomic E-state index is -4.17. The summed E-state index contributed by atoms with van der Waals surface area (Å²) in [5.41, 5.74) is 0.193. The molecule has 9 heteroatoms. The Morgan fingerprint density at radius 3 is 2.56 bits per heavy atom. The van der Waals surface area contributed by atoms with E-state index in [4.69, 9.17) is 21.1 Å². The smallest absolute Gasteiger partial charge is 0.391 e. The molecule has 140 valence electrons. The van der Waals surface area contributed by atoms with E-state index >= 15 is 0 Å². The Morgan fingerprint density at radius 1 is 1.28 bits per heavy atom. The minimum absolute atomic E-state index is 0.0184. The minimum Gasteiger partial charge on any atom is -0.475 e. The number of hydrogen-bond acceptors (Lipinski definition) is 4. The van der Waals surface area contributed by atoms with Crippen LogP contribution >= 0.6 is 11.6 Å². The van der Waals surface area contributed by atoms with Gasteiger partial charge in [0.1, 0.15) is 17.3 Å². The first kappa shape index (κ1) is 19.8. The second-order valence-electron chi connectivity index (χ2n) is 5.89. The van der Waals surface area contributed by atoms with Gasteiger partial charge in [-0.25, -0.2) is 4.98 Å². The Kier molecular flexibility index (Phi) is 6.89. The molecule has 1 aromatic heterocycles. The van der Waals surface area contributed by atoms with E-state index in [1.54, 1.807) is 0 Å². The maximum atomic E-state index is 12.7. The van der Waals surface area contributed by atoms with E-state index in [9.17, 15) is 18.0 Å². The van der Waals surface area contributed by atoms with Crippen molar-refractivity contribution < 1.29 is 27.4 Å². The summed E-state index contributed by atoms with van der Waals surface area (Å²) in [5.74, 6) is -1.65. The molecule has 1 aromatic rings. The maximum Gasteiger partial charge on any atom is 0.391 e. The van der Waals surface area contributed by atoms with Crippen molar-refractivity contribution in [3.05, 3.63) is 22.8 Å². The second-order valence-corrected chi connectivity index (χ2v) is 6.28. The van der Waals surface area contributed by atoms with Gasteiger partial charge < -0.3 is 14.8 Å². The summed E-state index contributed by atoms with van der Waals surface area (Å²) in [6.07, 6.45) is -3.56. The molecular formula is C16H20ClF3N2O3. The molecule has 0 aliphatic heterocycles. The molecule has 5 nitrogen and oxygen atoms in total. The normalized spacial score (nSPS) is 21.0. The fourth-order valence-corrected chi connectivity index (χ4v) is 2.89. The second kappa shape index (κ2) is 8.71. The van der Waals surface area contributed by atoms with Crippen molar-refractivity contribution in [1.29, 1.82) is 0 Å². The molecule has 0 radical (unpaired) electrons. The van der Waals surface area contributed by atoms with Gasteiger partial charge >= 0.3 is 6.18 Å². The SMILES string of the molecule is COCCOc1nc(Cl)ccc1C(=O)N[C@H]1CC[C@H](C(F)(F)F)CC1. The summed E-state index contributed by atoms with van der Waals surface area (Å²) in [7, 11) is 1.51. The lowest BCUT2D eigenvalue weighted by Gasteiger charge is -2.30. The molecule has 0 aromatic carbocycles. The van der Waals surface area contributed by atoms with Gasteiger partial charge in [-0.15, -0.1) is 0 Å². The van der Waals surface area contributed by atoms with Crippen molar-refractivity contribution >= 4 is 17.5 Å². The lowest BCUT2D eigenvalue weighted by molar-refractivity contribution is -0.182. The van der Waals surface area contributed by atoms with Crippen LogP contribution in [0.1, 0.15) is 36.0 Å². The van der Waals surface area contributed by atoms with Crippen LogP contribution in [0.25, 0.3) is 0 Å². The number of ether oxygens (including phenoxy) is 2. The van der Waals surface area contributed by atoms with E-state index in [0.29, 0.717) is 6.61 Å². The van der Waals surface area contributed by atoms with Crippen LogP contribution in [0.2, 0.25) is 5.15 Å². The molecule has 0 spiro atoms. The fraction of sp³-hybridized carbons (Fsp3) is 0.625. The van der Waals surface area contributed by atoms with Crippen molar-refractivity contribution in [3.63, 3.8) is 0 Å². The van der Waals surface area contributed by atoms with Gasteiger partial charge in [-0.05, 0) is 37.8 Å². The number of hydrogen-bond donors (Lipinski definition) is 1. The Hall–Kier alpha value is -1.54. The zero-order chi connectivity index (χ0) is 18.4. The van der Waals surface area contributed by atoms with Gasteiger partial charge in [-0.2, -0.15) is 13.2 Å². The summed E-state index contributed by atoms with van der Waals surface area (Å²) in [5, 5.41) is 2.93. The third-order valence-electron chi connectivity index (χ3n) is 4.12. The molecule has 2 rings (SSSR count). The Labute approximate surface area is 148 Å². The van der Waals surface area contributed by atoms with E-state index in [1.165, 1.54) is 19.2 Å². The average Bonchev–Trinajstić information content (AvgIpc) is 2.55. The third-order valence-corrected chi connectivity index (χ3v) is 4.33. The molecule has 1 heterocycles. The first-order chi connectivity index (χ1) is 11.8. The van der Waals surface area contributed by atoms with Crippen LogP contribution < -0.4 is 10.1 Å². The highest BCUT2D eigenvalue weighted by atomic mass is 35.5. The lowest BCUT2D eigenvalue weighted by atomic mass is 9.85. The number of aromatic nitrogens is 1. The molecule has 1 saturated carbocycles.